The van der Waals surface area contributed by atoms with Gasteiger partial charge in [-0.15, -0.1) is 0 Å². The van der Waals surface area contributed by atoms with E-state index < -0.39 is 0 Å². The minimum Gasteiger partial charge on any atom is -0.298 e. The van der Waals surface area contributed by atoms with Gasteiger partial charge in [-0.25, -0.2) is 0 Å². The molecule has 0 aliphatic carbocycles. The molecule has 1 aromatic rings. The number of carbonyl (C=O) groups is 1. The van der Waals surface area contributed by atoms with Crippen molar-refractivity contribution in [3.05, 3.63) is 41.3 Å². The second kappa shape index (κ2) is 4.48. The van der Waals surface area contributed by atoms with Crippen LogP contribution < -0.4 is 0 Å². The van der Waals surface area contributed by atoms with Crippen LogP contribution in [0.3, 0.4) is 0 Å². The monoisotopic (exact) mass is 189 g/mol. The summed E-state index contributed by atoms with van der Waals surface area (Å²) >= 11 is 1.34. The molecule has 3 heteroatoms. The Morgan fingerprint density at radius 1 is 1.54 bits per heavy atom. The van der Waals surface area contributed by atoms with Gasteiger partial charge in [0.05, 0.1) is 11.6 Å². The molecule has 0 atom stereocenters. The summed E-state index contributed by atoms with van der Waals surface area (Å²) in [6.45, 7) is 3.55. The maximum Gasteiger partial charge on any atom is 0.151 e. The Kier molecular flexibility index (Phi) is 3.30. The van der Waals surface area contributed by atoms with Crippen molar-refractivity contribution in [1.29, 1.82) is 5.26 Å². The molecule has 0 saturated heterocycles. The van der Waals surface area contributed by atoms with Gasteiger partial charge in [0, 0.05) is 10.5 Å². The molecule has 64 valence electrons. The second-order valence-corrected chi connectivity index (χ2v) is 3.28. The van der Waals surface area contributed by atoms with Crippen molar-refractivity contribution in [3.63, 3.8) is 0 Å². The summed E-state index contributed by atoms with van der Waals surface area (Å²) in [4.78, 5) is 11.3. The fourth-order valence-electron chi connectivity index (χ4n) is 0.893. The van der Waals surface area contributed by atoms with Gasteiger partial charge in [0.15, 0.2) is 6.29 Å². The van der Waals surface area contributed by atoms with Crippen LogP contribution in [0, 0.1) is 11.3 Å². The predicted molar refractivity (Wildman–Crippen MR) is 52.6 cm³/mol. The first-order valence-corrected chi connectivity index (χ1v) is 4.46. The van der Waals surface area contributed by atoms with Gasteiger partial charge in [-0.3, -0.25) is 4.79 Å². The van der Waals surface area contributed by atoms with Crippen molar-refractivity contribution in [2.75, 3.05) is 0 Å². The van der Waals surface area contributed by atoms with Gasteiger partial charge in [0.2, 0.25) is 0 Å². The minimum atomic E-state index is 0.551. The van der Waals surface area contributed by atoms with Crippen LogP contribution in [-0.2, 0) is 0 Å². The highest BCUT2D eigenvalue weighted by Gasteiger charge is 2.01. The maximum absolute atomic E-state index is 10.6. The molecule has 1 aromatic carbocycles. The molecule has 0 fully saturated rings. The summed E-state index contributed by atoms with van der Waals surface area (Å²) in [7, 11) is 0. The van der Waals surface area contributed by atoms with E-state index in [0.29, 0.717) is 11.1 Å². The summed E-state index contributed by atoms with van der Waals surface area (Å²) in [5, 5.41) is 10.2. The van der Waals surface area contributed by atoms with E-state index in [1.807, 2.05) is 6.07 Å². The third kappa shape index (κ3) is 2.20. The zero-order valence-corrected chi connectivity index (χ0v) is 7.67. The first-order chi connectivity index (χ1) is 6.31. The Morgan fingerprint density at radius 2 is 2.31 bits per heavy atom. The zero-order chi connectivity index (χ0) is 9.68. The van der Waals surface area contributed by atoms with E-state index in [0.717, 1.165) is 11.2 Å². The number of rotatable bonds is 3. The van der Waals surface area contributed by atoms with E-state index in [1.165, 1.54) is 11.8 Å². The van der Waals surface area contributed by atoms with Crippen LogP contribution >= 0.6 is 11.8 Å². The Labute approximate surface area is 80.9 Å². The lowest BCUT2D eigenvalue weighted by atomic mass is 10.2. The molecule has 1 rings (SSSR count). The van der Waals surface area contributed by atoms with Crippen molar-refractivity contribution in [2.45, 2.75) is 4.90 Å². The molecule has 0 heterocycles. The zero-order valence-electron chi connectivity index (χ0n) is 6.86. The Hall–Kier alpha value is -1.53. The lowest BCUT2D eigenvalue weighted by Crippen LogP contribution is -1.85. The van der Waals surface area contributed by atoms with Crippen molar-refractivity contribution < 1.29 is 4.79 Å². The topological polar surface area (TPSA) is 40.9 Å². The lowest BCUT2D eigenvalue weighted by Gasteiger charge is -2.00. The van der Waals surface area contributed by atoms with Crippen LogP contribution in [0.2, 0.25) is 0 Å². The van der Waals surface area contributed by atoms with Crippen molar-refractivity contribution in [3.8, 4) is 6.07 Å². The molecule has 0 aliphatic rings. The maximum atomic E-state index is 10.6. The summed E-state index contributed by atoms with van der Waals surface area (Å²) in [5.74, 6) is 0. The van der Waals surface area contributed by atoms with E-state index in [9.17, 15) is 4.79 Å². The predicted octanol–water partition coefficient (Wildman–Crippen LogP) is 2.61. The number of benzene rings is 1. The SMILES string of the molecule is C=CSc1cc(C#N)ccc1C=O. The molecular formula is C10H7NOS. The van der Waals surface area contributed by atoms with Crippen LogP contribution in [0.15, 0.2) is 35.1 Å². The van der Waals surface area contributed by atoms with Crippen molar-refractivity contribution >= 4 is 18.0 Å². The Balaban J connectivity index is 3.18. The molecule has 0 radical (unpaired) electrons. The molecule has 2 nitrogen and oxygen atoms in total. The highest BCUT2D eigenvalue weighted by atomic mass is 32.2. The van der Waals surface area contributed by atoms with Crippen LogP contribution in [0.5, 0.6) is 0 Å². The average Bonchev–Trinajstić information content (AvgIpc) is 2.18. The highest BCUT2D eigenvalue weighted by molar-refractivity contribution is 8.02. The Bertz CT molecular complexity index is 379. The first-order valence-electron chi connectivity index (χ1n) is 3.58. The number of hydrogen-bond acceptors (Lipinski definition) is 3. The van der Waals surface area contributed by atoms with E-state index in [4.69, 9.17) is 5.26 Å². The molecule has 0 saturated carbocycles. The molecule has 0 aliphatic heterocycles. The van der Waals surface area contributed by atoms with Crippen molar-refractivity contribution in [2.24, 2.45) is 0 Å². The molecule has 0 spiro atoms. The van der Waals surface area contributed by atoms with Gasteiger partial charge in [-0.1, -0.05) is 18.3 Å². The van der Waals surface area contributed by atoms with E-state index in [2.05, 4.69) is 6.58 Å². The summed E-state index contributed by atoms with van der Waals surface area (Å²) in [6.07, 6.45) is 0.771. The molecule has 0 N–H and O–H groups in total. The molecule has 0 unspecified atom stereocenters. The molecule has 0 amide bonds. The molecular weight excluding hydrogens is 182 g/mol. The summed E-state index contributed by atoms with van der Waals surface area (Å²) in [5.41, 5.74) is 1.14. The highest BCUT2D eigenvalue weighted by Crippen LogP contribution is 2.23. The average molecular weight is 189 g/mol. The fourth-order valence-corrected chi connectivity index (χ4v) is 1.52. The molecule has 13 heavy (non-hydrogen) atoms. The Morgan fingerprint density at radius 3 is 2.85 bits per heavy atom. The second-order valence-electron chi connectivity index (χ2n) is 2.27. The smallest absolute Gasteiger partial charge is 0.151 e. The van der Waals surface area contributed by atoms with Crippen LogP contribution in [0.25, 0.3) is 0 Å². The number of carbonyl (C=O) groups excluding carboxylic acids is 1. The van der Waals surface area contributed by atoms with E-state index >= 15 is 0 Å². The number of thioether (sulfide) groups is 1. The number of aldehydes is 1. The minimum absolute atomic E-state index is 0.551. The van der Waals surface area contributed by atoms with Gasteiger partial charge in [0.25, 0.3) is 0 Å². The molecule has 0 bridgehead atoms. The lowest BCUT2D eigenvalue weighted by molar-refractivity contribution is 0.112. The van der Waals surface area contributed by atoms with Gasteiger partial charge in [-0.05, 0) is 23.6 Å². The third-order valence-corrected chi connectivity index (χ3v) is 2.25. The quantitative estimate of drug-likeness (QED) is 0.542. The summed E-state index contributed by atoms with van der Waals surface area (Å²) in [6, 6.07) is 6.95. The van der Waals surface area contributed by atoms with Gasteiger partial charge < -0.3 is 0 Å². The third-order valence-electron chi connectivity index (χ3n) is 1.48. The van der Waals surface area contributed by atoms with E-state index in [1.54, 1.807) is 23.6 Å². The van der Waals surface area contributed by atoms with Crippen LogP contribution in [-0.4, -0.2) is 6.29 Å². The summed E-state index contributed by atoms with van der Waals surface area (Å²) < 4.78 is 0. The van der Waals surface area contributed by atoms with Crippen LogP contribution in [0.4, 0.5) is 0 Å². The number of hydrogen-bond donors (Lipinski definition) is 0. The van der Waals surface area contributed by atoms with Crippen molar-refractivity contribution in [1.82, 2.24) is 0 Å². The molecule has 0 aromatic heterocycles. The van der Waals surface area contributed by atoms with Gasteiger partial charge in [-0.2, -0.15) is 5.26 Å². The van der Waals surface area contributed by atoms with Gasteiger partial charge >= 0.3 is 0 Å². The largest absolute Gasteiger partial charge is 0.298 e. The van der Waals surface area contributed by atoms with Gasteiger partial charge in [0.1, 0.15) is 0 Å². The standard InChI is InChI=1S/C10H7NOS/c1-2-13-10-5-8(6-11)3-4-9(10)7-12/h2-5,7H,1H2. The van der Waals surface area contributed by atoms with Crippen LogP contribution in [0.1, 0.15) is 15.9 Å². The number of nitrogens with zero attached hydrogens (tertiary/aromatic N) is 1. The normalized spacial score (nSPS) is 8.85. The van der Waals surface area contributed by atoms with E-state index in [-0.39, 0.29) is 0 Å². The first kappa shape index (κ1) is 9.56. The fraction of sp³-hybridized carbons (Fsp3) is 0. The number of nitriles is 1.